The number of aromatic nitrogens is 2. The number of benzene rings is 1. The van der Waals surface area contributed by atoms with Gasteiger partial charge in [0, 0.05) is 19.2 Å². The number of nitrogens with one attached hydrogen (secondary N) is 1. The van der Waals surface area contributed by atoms with Gasteiger partial charge in [-0.25, -0.2) is 4.39 Å². The van der Waals surface area contributed by atoms with Crippen LogP contribution in [-0.2, 0) is 13.6 Å². The molecule has 0 radical (unpaired) electrons. The first-order chi connectivity index (χ1) is 8.65. The van der Waals surface area contributed by atoms with Crippen molar-refractivity contribution in [3.05, 3.63) is 35.8 Å². The van der Waals surface area contributed by atoms with Gasteiger partial charge in [0.2, 0.25) is 0 Å². The third-order valence-corrected chi connectivity index (χ3v) is 2.78. The van der Waals surface area contributed by atoms with E-state index in [0.29, 0.717) is 0 Å². The Morgan fingerprint density at radius 3 is 2.78 bits per heavy atom. The molecule has 0 saturated carbocycles. The molecule has 1 heterocycles. The van der Waals surface area contributed by atoms with E-state index in [4.69, 9.17) is 4.74 Å². The highest BCUT2D eigenvalue weighted by Crippen LogP contribution is 2.25. The van der Waals surface area contributed by atoms with E-state index in [1.54, 1.807) is 16.8 Å². The van der Waals surface area contributed by atoms with Crippen molar-refractivity contribution in [1.29, 1.82) is 0 Å². The molecule has 0 amide bonds. The first-order valence-corrected chi connectivity index (χ1v) is 5.67. The Bertz CT molecular complexity index is 551. The summed E-state index contributed by atoms with van der Waals surface area (Å²) in [6.07, 6.45) is 0. The number of methoxy groups -OCH3 is 1. The minimum atomic E-state index is -0.379. The van der Waals surface area contributed by atoms with Gasteiger partial charge in [-0.2, -0.15) is 5.10 Å². The molecule has 1 N–H and O–H groups in total. The lowest BCUT2D eigenvalue weighted by Gasteiger charge is -2.02. The molecule has 18 heavy (non-hydrogen) atoms. The van der Waals surface area contributed by atoms with Crippen LogP contribution in [0.4, 0.5) is 4.39 Å². The Hall–Kier alpha value is -1.88. The number of aryl methyl sites for hydroxylation is 1. The van der Waals surface area contributed by atoms with Gasteiger partial charge in [0.15, 0.2) is 11.6 Å². The second-order valence-corrected chi connectivity index (χ2v) is 4.02. The molecule has 0 aliphatic heterocycles. The van der Waals surface area contributed by atoms with E-state index in [9.17, 15) is 4.39 Å². The van der Waals surface area contributed by atoms with Gasteiger partial charge in [0.25, 0.3) is 0 Å². The highest BCUT2D eigenvalue weighted by atomic mass is 19.1. The van der Waals surface area contributed by atoms with Crippen molar-refractivity contribution in [3.63, 3.8) is 0 Å². The van der Waals surface area contributed by atoms with E-state index in [2.05, 4.69) is 10.4 Å². The SMILES string of the molecule is CNCc1cc(-c2ccc(OC)c(F)c2)nn1C. The van der Waals surface area contributed by atoms with Gasteiger partial charge in [-0.05, 0) is 31.3 Å². The van der Waals surface area contributed by atoms with Crippen molar-refractivity contribution >= 4 is 0 Å². The van der Waals surface area contributed by atoms with E-state index in [0.717, 1.165) is 23.5 Å². The molecule has 0 atom stereocenters. The summed E-state index contributed by atoms with van der Waals surface area (Å²) >= 11 is 0. The van der Waals surface area contributed by atoms with Crippen molar-refractivity contribution in [2.45, 2.75) is 6.54 Å². The molecule has 5 heteroatoms. The van der Waals surface area contributed by atoms with Gasteiger partial charge in [0.05, 0.1) is 18.5 Å². The minimum absolute atomic E-state index is 0.241. The van der Waals surface area contributed by atoms with Crippen LogP contribution in [0.3, 0.4) is 0 Å². The Morgan fingerprint density at radius 2 is 2.17 bits per heavy atom. The normalized spacial score (nSPS) is 10.7. The number of nitrogens with zero attached hydrogens (tertiary/aromatic N) is 2. The molecule has 0 unspecified atom stereocenters. The molecule has 0 aliphatic carbocycles. The fraction of sp³-hybridized carbons (Fsp3) is 0.308. The molecule has 0 bridgehead atoms. The lowest BCUT2D eigenvalue weighted by Crippen LogP contribution is -2.09. The van der Waals surface area contributed by atoms with Gasteiger partial charge >= 0.3 is 0 Å². The summed E-state index contributed by atoms with van der Waals surface area (Å²) in [5, 5.41) is 7.43. The maximum absolute atomic E-state index is 13.6. The Balaban J connectivity index is 2.36. The summed E-state index contributed by atoms with van der Waals surface area (Å²) in [5.74, 6) is -0.138. The zero-order valence-electron chi connectivity index (χ0n) is 10.7. The lowest BCUT2D eigenvalue weighted by molar-refractivity contribution is 0.386. The molecule has 2 aromatic rings. The van der Waals surface area contributed by atoms with Crippen LogP contribution in [-0.4, -0.2) is 23.9 Å². The highest BCUT2D eigenvalue weighted by Gasteiger charge is 2.09. The lowest BCUT2D eigenvalue weighted by atomic mass is 10.1. The predicted molar refractivity (Wildman–Crippen MR) is 67.9 cm³/mol. The van der Waals surface area contributed by atoms with E-state index in [1.165, 1.54) is 13.2 Å². The molecule has 0 fully saturated rings. The second-order valence-electron chi connectivity index (χ2n) is 4.02. The molecule has 1 aromatic heterocycles. The first-order valence-electron chi connectivity index (χ1n) is 5.67. The topological polar surface area (TPSA) is 39.1 Å². The van der Waals surface area contributed by atoms with Crippen LogP contribution in [0.25, 0.3) is 11.3 Å². The summed E-state index contributed by atoms with van der Waals surface area (Å²) in [4.78, 5) is 0. The van der Waals surface area contributed by atoms with Gasteiger partial charge in [-0.3, -0.25) is 4.68 Å². The van der Waals surface area contributed by atoms with E-state index in [-0.39, 0.29) is 11.6 Å². The average molecular weight is 249 g/mol. The molecular formula is C13H16FN3O. The molecule has 1 aromatic carbocycles. The summed E-state index contributed by atoms with van der Waals surface area (Å²) in [5.41, 5.74) is 2.54. The van der Waals surface area contributed by atoms with Crippen molar-refractivity contribution in [2.75, 3.05) is 14.2 Å². The van der Waals surface area contributed by atoms with Crippen molar-refractivity contribution in [1.82, 2.24) is 15.1 Å². The van der Waals surface area contributed by atoms with Crippen LogP contribution >= 0.6 is 0 Å². The van der Waals surface area contributed by atoms with E-state index < -0.39 is 0 Å². The first kappa shape index (κ1) is 12.6. The highest BCUT2D eigenvalue weighted by molar-refractivity contribution is 5.60. The molecule has 4 nitrogen and oxygen atoms in total. The molecule has 2 rings (SSSR count). The number of halogens is 1. The largest absolute Gasteiger partial charge is 0.494 e. The van der Waals surface area contributed by atoms with Crippen molar-refractivity contribution in [2.24, 2.45) is 7.05 Å². The molecule has 0 aliphatic rings. The van der Waals surface area contributed by atoms with Crippen LogP contribution < -0.4 is 10.1 Å². The molecule has 0 saturated heterocycles. The summed E-state index contributed by atoms with van der Waals surface area (Å²) < 4.78 is 20.3. The van der Waals surface area contributed by atoms with Crippen LogP contribution in [0.1, 0.15) is 5.69 Å². The molecular weight excluding hydrogens is 233 g/mol. The number of hydrogen-bond donors (Lipinski definition) is 1. The summed E-state index contributed by atoms with van der Waals surface area (Å²) in [7, 11) is 5.19. The maximum atomic E-state index is 13.6. The van der Waals surface area contributed by atoms with Gasteiger partial charge in [-0.1, -0.05) is 0 Å². The molecule has 96 valence electrons. The average Bonchev–Trinajstić information content (AvgIpc) is 2.71. The fourth-order valence-electron chi connectivity index (χ4n) is 1.82. The Labute approximate surface area is 105 Å². The van der Waals surface area contributed by atoms with Crippen molar-refractivity contribution in [3.8, 4) is 17.0 Å². The van der Waals surface area contributed by atoms with Crippen LogP contribution in [0.15, 0.2) is 24.3 Å². The zero-order valence-corrected chi connectivity index (χ0v) is 10.7. The second kappa shape index (κ2) is 5.18. The third kappa shape index (κ3) is 2.36. The minimum Gasteiger partial charge on any atom is -0.494 e. The fourth-order valence-corrected chi connectivity index (χ4v) is 1.82. The number of ether oxygens (including phenoxy) is 1. The standard InChI is InChI=1S/C13H16FN3O/c1-15-8-10-7-12(16-17(10)2)9-4-5-13(18-3)11(14)6-9/h4-7,15H,8H2,1-3H3. The van der Waals surface area contributed by atoms with E-state index in [1.807, 2.05) is 20.2 Å². The number of rotatable bonds is 4. The smallest absolute Gasteiger partial charge is 0.165 e. The Morgan fingerprint density at radius 1 is 1.39 bits per heavy atom. The van der Waals surface area contributed by atoms with Gasteiger partial charge in [0.1, 0.15) is 0 Å². The van der Waals surface area contributed by atoms with Gasteiger partial charge in [-0.15, -0.1) is 0 Å². The predicted octanol–water partition coefficient (Wildman–Crippen LogP) is 1.95. The van der Waals surface area contributed by atoms with Crippen LogP contribution in [0.5, 0.6) is 5.75 Å². The summed E-state index contributed by atoms with van der Waals surface area (Å²) in [6.45, 7) is 0.724. The van der Waals surface area contributed by atoms with Crippen LogP contribution in [0, 0.1) is 5.82 Å². The maximum Gasteiger partial charge on any atom is 0.165 e. The van der Waals surface area contributed by atoms with Crippen LogP contribution in [0.2, 0.25) is 0 Å². The number of hydrogen-bond acceptors (Lipinski definition) is 3. The summed E-state index contributed by atoms with van der Waals surface area (Å²) in [6, 6.07) is 6.78. The quantitative estimate of drug-likeness (QED) is 0.900. The van der Waals surface area contributed by atoms with Gasteiger partial charge < -0.3 is 10.1 Å². The third-order valence-electron chi connectivity index (χ3n) is 2.78. The Kier molecular flexibility index (Phi) is 3.62. The monoisotopic (exact) mass is 249 g/mol. The van der Waals surface area contributed by atoms with E-state index >= 15 is 0 Å². The van der Waals surface area contributed by atoms with Crippen molar-refractivity contribution < 1.29 is 9.13 Å². The molecule has 0 spiro atoms. The zero-order chi connectivity index (χ0) is 13.1.